The number of amides is 1. The van der Waals surface area contributed by atoms with Gasteiger partial charge in [-0.25, -0.2) is 10.4 Å². The molecule has 0 aliphatic rings. The molecule has 1 aromatic heterocycles. The molecule has 0 bridgehead atoms. The van der Waals surface area contributed by atoms with E-state index in [1.807, 2.05) is 54.6 Å². The number of nitrogens with one attached hydrogen (secondary N) is 1. The Morgan fingerprint density at radius 2 is 1.79 bits per heavy atom. The van der Waals surface area contributed by atoms with Crippen molar-refractivity contribution in [2.75, 3.05) is 6.61 Å². The number of nitrogens with zero attached hydrogens (tertiary/aromatic N) is 2. The first kappa shape index (κ1) is 23.6. The van der Waals surface area contributed by atoms with Gasteiger partial charge < -0.3 is 4.74 Å². The van der Waals surface area contributed by atoms with Gasteiger partial charge in [0.05, 0.1) is 11.2 Å². The average molecular weight is 516 g/mol. The average Bonchev–Trinajstić information content (AvgIpc) is 2.85. The van der Waals surface area contributed by atoms with Crippen LogP contribution in [0.2, 0.25) is 0 Å². The Labute approximate surface area is 208 Å². The normalized spacial score (nSPS) is 11.3. The van der Waals surface area contributed by atoms with Gasteiger partial charge in [-0.3, -0.25) is 4.79 Å². The number of aromatic nitrogens is 1. The van der Waals surface area contributed by atoms with E-state index in [9.17, 15) is 4.79 Å². The molecule has 0 unspecified atom stereocenters. The summed E-state index contributed by atoms with van der Waals surface area (Å²) < 4.78 is 6.62. The minimum atomic E-state index is -0.293. The van der Waals surface area contributed by atoms with Crippen LogP contribution in [0.3, 0.4) is 0 Å². The summed E-state index contributed by atoms with van der Waals surface area (Å²) in [5.41, 5.74) is 7.51. The molecule has 172 valence electrons. The molecular weight excluding hydrogens is 490 g/mol. The molecule has 1 N–H and O–H groups in total. The van der Waals surface area contributed by atoms with Crippen LogP contribution in [0.25, 0.3) is 33.3 Å². The van der Waals surface area contributed by atoms with E-state index in [0.29, 0.717) is 11.7 Å². The second-order valence-electron chi connectivity index (χ2n) is 8.37. The van der Waals surface area contributed by atoms with Crippen molar-refractivity contribution in [2.45, 2.75) is 20.3 Å². The van der Waals surface area contributed by atoms with Crippen LogP contribution in [0.1, 0.15) is 20.3 Å². The van der Waals surface area contributed by atoms with Crippen LogP contribution < -0.4 is 10.2 Å². The Bertz CT molecular complexity index is 1300. The van der Waals surface area contributed by atoms with Crippen LogP contribution in [0.4, 0.5) is 0 Å². The van der Waals surface area contributed by atoms with E-state index < -0.39 is 0 Å². The summed E-state index contributed by atoms with van der Waals surface area (Å²) >= 11 is 3.58. The minimum Gasteiger partial charge on any atom is -0.484 e. The van der Waals surface area contributed by atoms with Crippen molar-refractivity contribution < 1.29 is 9.53 Å². The number of rotatable bonds is 8. The molecule has 1 heterocycles. The lowest BCUT2D eigenvalue weighted by atomic mass is 9.98. The van der Waals surface area contributed by atoms with Crippen LogP contribution in [-0.2, 0) is 4.79 Å². The summed E-state index contributed by atoms with van der Waals surface area (Å²) in [5, 5.41) is 5.01. The Morgan fingerprint density at radius 3 is 2.53 bits per heavy atom. The predicted octanol–water partition coefficient (Wildman–Crippen LogP) is 6.86. The number of benzene rings is 3. The number of hydrazone groups is 1. The number of carbonyl (C=O) groups is 1. The van der Waals surface area contributed by atoms with E-state index >= 15 is 0 Å². The number of hydrogen-bond donors (Lipinski definition) is 1. The van der Waals surface area contributed by atoms with Gasteiger partial charge in [-0.2, -0.15) is 5.10 Å². The van der Waals surface area contributed by atoms with E-state index in [0.717, 1.165) is 44.2 Å². The summed E-state index contributed by atoms with van der Waals surface area (Å²) in [5.74, 6) is 0.815. The van der Waals surface area contributed by atoms with E-state index in [1.54, 1.807) is 6.21 Å². The molecule has 0 aliphatic heterocycles. The van der Waals surface area contributed by atoms with Crippen LogP contribution in [0, 0.1) is 5.92 Å². The molecule has 0 radical (unpaired) electrons. The molecular formula is C28H26BrN3O2. The Hall–Kier alpha value is -3.51. The summed E-state index contributed by atoms with van der Waals surface area (Å²) in [4.78, 5) is 16.8. The van der Waals surface area contributed by atoms with Gasteiger partial charge in [-0.15, -0.1) is 0 Å². The Kier molecular flexibility index (Phi) is 7.70. The lowest BCUT2D eigenvalue weighted by Gasteiger charge is -2.11. The van der Waals surface area contributed by atoms with E-state index in [2.05, 4.69) is 64.6 Å². The number of fused-ring (bicyclic) bond motifs is 1. The SMILES string of the molecule is CC(C)C/C=N\NC(=O)COc1ccc(-c2cc(-c3ccccc3)c3cc(Br)ccc3n2)cc1. The molecule has 4 aromatic rings. The minimum absolute atomic E-state index is 0.0976. The van der Waals surface area contributed by atoms with Gasteiger partial charge in [0, 0.05) is 21.6 Å². The highest BCUT2D eigenvalue weighted by Crippen LogP contribution is 2.34. The quantitative estimate of drug-likeness (QED) is 0.206. The number of ether oxygens (including phenoxy) is 1. The Morgan fingerprint density at radius 1 is 1.03 bits per heavy atom. The summed E-state index contributed by atoms with van der Waals surface area (Å²) in [6.45, 7) is 4.09. The second-order valence-corrected chi connectivity index (χ2v) is 9.29. The van der Waals surface area contributed by atoms with Gasteiger partial charge in [-0.1, -0.05) is 60.1 Å². The first-order chi connectivity index (χ1) is 16.5. The third kappa shape index (κ3) is 6.08. The zero-order valence-electron chi connectivity index (χ0n) is 19.2. The largest absolute Gasteiger partial charge is 0.484 e. The van der Waals surface area contributed by atoms with Gasteiger partial charge in [-0.05, 0) is 72.0 Å². The van der Waals surface area contributed by atoms with Gasteiger partial charge in [0.1, 0.15) is 5.75 Å². The third-order valence-electron chi connectivity index (χ3n) is 5.23. The highest BCUT2D eigenvalue weighted by Gasteiger charge is 2.11. The first-order valence-corrected chi connectivity index (χ1v) is 12.0. The third-order valence-corrected chi connectivity index (χ3v) is 5.73. The number of hydrogen-bond acceptors (Lipinski definition) is 4. The van der Waals surface area contributed by atoms with Gasteiger partial charge in [0.15, 0.2) is 6.61 Å². The summed E-state index contributed by atoms with van der Waals surface area (Å²) in [7, 11) is 0. The maximum atomic E-state index is 11.9. The maximum Gasteiger partial charge on any atom is 0.277 e. The van der Waals surface area contributed by atoms with Crippen molar-refractivity contribution in [1.82, 2.24) is 10.4 Å². The molecule has 5 nitrogen and oxygen atoms in total. The molecule has 0 spiro atoms. The van der Waals surface area contributed by atoms with Crippen LogP contribution >= 0.6 is 15.9 Å². The molecule has 0 saturated heterocycles. The van der Waals surface area contributed by atoms with Gasteiger partial charge in [0.25, 0.3) is 5.91 Å². The topological polar surface area (TPSA) is 63.6 Å². The lowest BCUT2D eigenvalue weighted by molar-refractivity contribution is -0.123. The first-order valence-electron chi connectivity index (χ1n) is 11.2. The van der Waals surface area contributed by atoms with Crippen molar-refractivity contribution in [2.24, 2.45) is 11.0 Å². The van der Waals surface area contributed by atoms with Gasteiger partial charge in [0.2, 0.25) is 0 Å². The van der Waals surface area contributed by atoms with E-state index in [1.165, 1.54) is 0 Å². The van der Waals surface area contributed by atoms with Crippen molar-refractivity contribution in [3.8, 4) is 28.1 Å². The molecule has 0 atom stereocenters. The smallest absolute Gasteiger partial charge is 0.277 e. The maximum absolute atomic E-state index is 11.9. The van der Waals surface area contributed by atoms with Crippen LogP contribution in [0.15, 0.2) is 88.4 Å². The fraction of sp³-hybridized carbons (Fsp3) is 0.179. The molecule has 0 fully saturated rings. The van der Waals surface area contributed by atoms with Crippen molar-refractivity contribution >= 4 is 39.0 Å². The summed E-state index contributed by atoms with van der Waals surface area (Å²) in [6, 6.07) is 26.1. The van der Waals surface area contributed by atoms with Crippen molar-refractivity contribution in [1.29, 1.82) is 0 Å². The highest BCUT2D eigenvalue weighted by atomic mass is 79.9. The van der Waals surface area contributed by atoms with Crippen molar-refractivity contribution in [3.05, 3.63) is 83.3 Å². The fourth-order valence-corrected chi connectivity index (χ4v) is 3.85. The fourth-order valence-electron chi connectivity index (χ4n) is 3.49. The monoisotopic (exact) mass is 515 g/mol. The van der Waals surface area contributed by atoms with Crippen LogP contribution in [0.5, 0.6) is 5.75 Å². The molecule has 6 heteroatoms. The zero-order chi connectivity index (χ0) is 23.9. The number of halogens is 1. The number of pyridine rings is 1. The molecule has 4 rings (SSSR count). The standard InChI is InChI=1S/C28H26BrN3O2/c1-19(2)14-15-30-32-28(33)18-34-23-11-8-21(9-12-23)27-17-24(20-6-4-3-5-7-20)25-16-22(29)10-13-26(25)31-27/h3-13,15-17,19H,14,18H2,1-2H3,(H,32,33)/b30-15-. The number of carbonyl (C=O) groups excluding carboxylic acids is 1. The predicted molar refractivity (Wildman–Crippen MR) is 142 cm³/mol. The molecule has 34 heavy (non-hydrogen) atoms. The lowest BCUT2D eigenvalue weighted by Crippen LogP contribution is -2.24. The van der Waals surface area contributed by atoms with E-state index in [-0.39, 0.29) is 12.5 Å². The molecule has 0 aliphatic carbocycles. The van der Waals surface area contributed by atoms with E-state index in [4.69, 9.17) is 9.72 Å². The van der Waals surface area contributed by atoms with Crippen molar-refractivity contribution in [3.63, 3.8) is 0 Å². The zero-order valence-corrected chi connectivity index (χ0v) is 20.7. The highest BCUT2D eigenvalue weighted by molar-refractivity contribution is 9.10. The van der Waals surface area contributed by atoms with Gasteiger partial charge >= 0.3 is 0 Å². The van der Waals surface area contributed by atoms with Crippen LogP contribution in [-0.4, -0.2) is 23.7 Å². The second kappa shape index (κ2) is 11.1. The summed E-state index contributed by atoms with van der Waals surface area (Å²) in [6.07, 6.45) is 2.52. The Balaban J connectivity index is 1.52. The molecule has 0 saturated carbocycles. The molecule has 3 aromatic carbocycles. The molecule has 1 amide bonds.